The van der Waals surface area contributed by atoms with Gasteiger partial charge in [0.25, 0.3) is 0 Å². The van der Waals surface area contributed by atoms with E-state index in [1.54, 1.807) is 0 Å². The molecule has 424 valence electrons. The smallest absolute Gasteiger partial charge is 0.123 e. The molecule has 0 atom stereocenters. The molecule has 5 rings (SSSR count). The molecule has 0 aliphatic rings. The van der Waals surface area contributed by atoms with Gasteiger partial charge in [0.2, 0.25) is 0 Å². The minimum atomic E-state index is 0.444. The summed E-state index contributed by atoms with van der Waals surface area (Å²) >= 11 is 35.8. The number of alkyl halides is 10. The average Bonchev–Trinajstić information content (AvgIpc) is 3.45. The molecule has 0 fully saturated rings. The Labute approximate surface area is 539 Å². The second-order valence-corrected chi connectivity index (χ2v) is 24.9. The Morgan fingerprint density at radius 1 is 0.234 bits per heavy atom. The quantitative estimate of drug-likeness (QED) is 0.0354. The molecule has 0 N–H and O–H groups in total. The van der Waals surface area contributed by atoms with Crippen molar-refractivity contribution in [3.8, 4) is 57.5 Å². The zero-order valence-electron chi connectivity index (χ0n) is 43.3. The number of hydrogen-bond donors (Lipinski definition) is 0. The van der Waals surface area contributed by atoms with Crippen molar-refractivity contribution in [2.45, 2.75) is 46.0 Å². The van der Waals surface area contributed by atoms with Crippen molar-refractivity contribution >= 4 is 159 Å². The normalized spacial score (nSPS) is 11.1. The van der Waals surface area contributed by atoms with Crippen LogP contribution in [-0.4, -0.2) is 119 Å². The Bertz CT molecular complexity index is 2570. The van der Waals surface area contributed by atoms with Crippen molar-refractivity contribution in [1.29, 1.82) is 0 Å². The molecule has 0 spiro atoms. The van der Waals surface area contributed by atoms with Gasteiger partial charge in [-0.15, -0.1) is 0 Å². The zero-order chi connectivity index (χ0) is 55.4. The van der Waals surface area contributed by atoms with Crippen LogP contribution in [0.1, 0.15) is 62.6 Å². The summed E-state index contributed by atoms with van der Waals surface area (Å²) < 4.78 is 64.6. The van der Waals surface area contributed by atoms with Crippen molar-refractivity contribution in [3.05, 3.63) is 116 Å². The van der Waals surface area contributed by atoms with Gasteiger partial charge in [-0.2, -0.15) is 0 Å². The molecule has 10 nitrogen and oxygen atoms in total. The molecule has 0 saturated carbocycles. The molecule has 0 heterocycles. The van der Waals surface area contributed by atoms with Crippen molar-refractivity contribution in [2.75, 3.05) is 119 Å². The highest BCUT2D eigenvalue weighted by molar-refractivity contribution is 9.10. The van der Waals surface area contributed by atoms with Crippen molar-refractivity contribution < 1.29 is 47.4 Å². The summed E-state index contributed by atoms with van der Waals surface area (Å²) in [5, 5.41) is 6.73. The average molecular weight is 1710 g/mol. The molecule has 0 aliphatic carbocycles. The van der Waals surface area contributed by atoms with Crippen LogP contribution in [0.15, 0.2) is 60.7 Å². The first-order chi connectivity index (χ1) is 37.6. The number of aryl methyl sites for hydroxylation is 2. The Morgan fingerprint density at radius 2 is 0.390 bits per heavy atom. The van der Waals surface area contributed by atoms with Crippen LogP contribution in [-0.2, 0) is 32.1 Å². The van der Waals surface area contributed by atoms with Gasteiger partial charge in [-0.25, -0.2) is 0 Å². The lowest BCUT2D eigenvalue weighted by Gasteiger charge is -2.22. The van der Waals surface area contributed by atoms with Gasteiger partial charge in [-0.05, 0) is 85.1 Å². The Morgan fingerprint density at radius 3 is 0.584 bits per heavy atom. The molecule has 77 heavy (non-hydrogen) atoms. The van der Waals surface area contributed by atoms with E-state index in [0.717, 1.165) is 130 Å². The third-order valence-corrected chi connectivity index (χ3v) is 14.8. The molecular weight excluding hydrogens is 1640 g/mol. The van der Waals surface area contributed by atoms with Crippen LogP contribution >= 0.6 is 159 Å². The Hall–Kier alpha value is -1.10. The lowest BCUT2D eigenvalue weighted by Crippen LogP contribution is -2.10. The highest BCUT2D eigenvalue weighted by atomic mass is 79.9. The monoisotopic (exact) mass is 1700 g/mol. The maximum atomic E-state index is 6.63. The Kier molecular flexibility index (Phi) is 32.8. The summed E-state index contributed by atoms with van der Waals surface area (Å²) in [6, 6.07) is 21.0. The number of hydrogen-bond acceptors (Lipinski definition) is 10. The predicted octanol–water partition coefficient (Wildman–Crippen LogP) is 16.7. The molecule has 0 unspecified atom stereocenters. The van der Waals surface area contributed by atoms with Gasteiger partial charge >= 0.3 is 0 Å². The van der Waals surface area contributed by atoms with Gasteiger partial charge in [0.15, 0.2) is 0 Å². The Balaban J connectivity index is 1.65. The topological polar surface area (TPSA) is 92.3 Å². The van der Waals surface area contributed by atoms with Crippen LogP contribution in [0.5, 0.6) is 57.5 Å². The fraction of sp³-hybridized carbons (Fsp3) is 0.474. The van der Waals surface area contributed by atoms with E-state index in [2.05, 4.69) is 227 Å². The van der Waals surface area contributed by atoms with Crippen LogP contribution in [0.25, 0.3) is 0 Å². The van der Waals surface area contributed by atoms with Gasteiger partial charge in [0, 0.05) is 123 Å². The first kappa shape index (κ1) is 66.7. The van der Waals surface area contributed by atoms with Gasteiger partial charge in [-0.3, -0.25) is 0 Å². The highest BCUT2D eigenvalue weighted by Gasteiger charge is 2.23. The lowest BCUT2D eigenvalue weighted by atomic mass is 9.94. The van der Waals surface area contributed by atoms with Crippen LogP contribution in [0.4, 0.5) is 0 Å². The van der Waals surface area contributed by atoms with Crippen LogP contribution in [0.3, 0.4) is 0 Å². The maximum absolute atomic E-state index is 6.63. The van der Waals surface area contributed by atoms with Gasteiger partial charge in [-0.1, -0.05) is 166 Å². The summed E-state index contributed by atoms with van der Waals surface area (Å²) in [7, 11) is 0. The molecule has 0 aliphatic heterocycles. The second-order valence-electron chi connectivity index (χ2n) is 16.9. The van der Waals surface area contributed by atoms with Gasteiger partial charge < -0.3 is 47.4 Å². The van der Waals surface area contributed by atoms with E-state index in [1.807, 2.05) is 6.92 Å². The lowest BCUT2D eigenvalue weighted by molar-refractivity contribution is 0.324. The van der Waals surface area contributed by atoms with Crippen LogP contribution in [0, 0.1) is 6.92 Å². The number of benzene rings is 5. The highest BCUT2D eigenvalue weighted by Crippen LogP contribution is 2.42. The zero-order valence-corrected chi connectivity index (χ0v) is 59.2. The van der Waals surface area contributed by atoms with E-state index in [4.69, 9.17) is 47.4 Å². The number of halogens is 10. The largest absolute Gasteiger partial charge is 0.492 e. The van der Waals surface area contributed by atoms with Crippen molar-refractivity contribution in [1.82, 2.24) is 0 Å². The first-order valence-electron chi connectivity index (χ1n) is 25.3. The second kappa shape index (κ2) is 37.9. The molecular formula is C57H66Br10O10. The third-order valence-electron chi connectivity index (χ3n) is 11.6. The molecule has 5 aromatic carbocycles. The molecule has 0 aromatic heterocycles. The summed E-state index contributed by atoms with van der Waals surface area (Å²) in [4.78, 5) is 0. The SMILES string of the molecule is CCc1cc(OCCBr)c(Cc2cc(OCCBr)c(Cc3cc(OCCBr)c(Cc4cc(OCCBr)c(Cc5cc(OCCBr)c(C)cc5OCCBr)cc4OCCBr)cc3OCCBr)cc2OCCBr)cc1OCCBr. The van der Waals surface area contributed by atoms with E-state index in [1.165, 1.54) is 0 Å². The predicted molar refractivity (Wildman–Crippen MR) is 350 cm³/mol. The molecule has 0 saturated heterocycles. The van der Waals surface area contributed by atoms with E-state index < -0.39 is 0 Å². The van der Waals surface area contributed by atoms with Crippen LogP contribution < -0.4 is 47.4 Å². The maximum Gasteiger partial charge on any atom is 0.123 e. The summed E-state index contributed by atoms with van der Waals surface area (Å²) in [5.74, 6) is 7.71. The van der Waals surface area contributed by atoms with E-state index >= 15 is 0 Å². The van der Waals surface area contributed by atoms with Gasteiger partial charge in [0.1, 0.15) is 57.5 Å². The molecule has 0 bridgehead atoms. The minimum absolute atomic E-state index is 0.444. The van der Waals surface area contributed by atoms with Crippen molar-refractivity contribution in [2.24, 2.45) is 0 Å². The molecule has 0 radical (unpaired) electrons. The third kappa shape index (κ3) is 21.2. The van der Waals surface area contributed by atoms with E-state index in [-0.39, 0.29) is 0 Å². The fourth-order valence-corrected chi connectivity index (χ4v) is 9.95. The summed E-state index contributed by atoms with van der Waals surface area (Å²) in [6.07, 6.45) is 2.76. The molecule has 5 aromatic rings. The summed E-state index contributed by atoms with van der Waals surface area (Å²) in [6.45, 7) is 9.02. The van der Waals surface area contributed by atoms with Gasteiger partial charge in [0.05, 0.1) is 66.1 Å². The molecule has 20 heteroatoms. The first-order valence-corrected chi connectivity index (χ1v) is 36.5. The summed E-state index contributed by atoms with van der Waals surface area (Å²) in [5.41, 5.74) is 9.70. The fourth-order valence-electron chi connectivity index (χ4n) is 8.33. The molecule has 0 amide bonds. The minimum Gasteiger partial charge on any atom is -0.492 e. The van der Waals surface area contributed by atoms with Crippen molar-refractivity contribution in [3.63, 3.8) is 0 Å². The van der Waals surface area contributed by atoms with E-state index in [9.17, 15) is 0 Å². The standard InChI is InChI=1S/C57H66Br10O10/c1-3-39-29-51(71-17-7-61)41(31-50(39)70-16-6-60)26-43-33-55(75-21-11-65)45(35-54(43)74-20-10-64)28-47-37-56(76-22-12-66)46(36-57(47)77-23-13-67)27-44-34-52(72-18-8-62)42(32-53(44)73-19-9-63)25-40-30-48(68-14-4-58)38(2)24-49(40)69-15-5-59/h24,29-37H,3-23,25-28H2,1-2H3. The van der Waals surface area contributed by atoms with Crippen LogP contribution in [0.2, 0.25) is 0 Å². The number of rotatable bonds is 39. The van der Waals surface area contributed by atoms with E-state index in [0.29, 0.717) is 134 Å². The number of ether oxygens (including phenoxy) is 10.